The maximum absolute atomic E-state index is 8.20. The van der Waals surface area contributed by atoms with E-state index < -0.39 is 0 Å². The second kappa shape index (κ2) is 5.15. The molecule has 2 heteroatoms. The van der Waals surface area contributed by atoms with Crippen LogP contribution < -0.4 is 0 Å². The molecule has 0 radical (unpaired) electrons. The summed E-state index contributed by atoms with van der Waals surface area (Å²) < 4.78 is 5.26. The predicted octanol–water partition coefficient (Wildman–Crippen LogP) is 2.11. The molecule has 0 bridgehead atoms. The first-order valence-electron chi connectivity index (χ1n) is 4.38. The van der Waals surface area contributed by atoms with Crippen molar-refractivity contribution in [1.29, 1.82) is 5.26 Å². The first-order valence-corrected chi connectivity index (χ1v) is 4.38. The second-order valence-corrected chi connectivity index (χ2v) is 3.11. The monoisotopic (exact) mass is 153 g/mol. The normalized spacial score (nSPS) is 17.4. The quantitative estimate of drug-likeness (QED) is 0.567. The highest BCUT2D eigenvalue weighted by Crippen LogP contribution is 2.28. The Morgan fingerprint density at radius 2 is 2.18 bits per heavy atom. The third kappa shape index (κ3) is 3.38. The first kappa shape index (κ1) is 8.55. The Morgan fingerprint density at radius 1 is 1.36 bits per heavy atom. The van der Waals surface area contributed by atoms with E-state index in [1.165, 1.54) is 25.7 Å². The van der Waals surface area contributed by atoms with Gasteiger partial charge < -0.3 is 4.74 Å². The lowest BCUT2D eigenvalue weighted by Crippen LogP contribution is -2.13. The van der Waals surface area contributed by atoms with E-state index in [1.807, 2.05) is 0 Å². The topological polar surface area (TPSA) is 33.0 Å². The summed E-state index contributed by atoms with van der Waals surface area (Å²) in [6.07, 6.45) is 5.92. The van der Waals surface area contributed by atoms with Crippen molar-refractivity contribution in [1.82, 2.24) is 0 Å². The highest BCUT2D eigenvalue weighted by molar-refractivity contribution is 4.70. The summed E-state index contributed by atoms with van der Waals surface area (Å²) in [4.78, 5) is 0. The number of rotatable bonds is 5. The summed E-state index contributed by atoms with van der Waals surface area (Å²) in [6, 6.07) is 2.06. The van der Waals surface area contributed by atoms with E-state index in [4.69, 9.17) is 10.00 Å². The average Bonchev–Trinajstić information content (AvgIpc) is 1.93. The summed E-state index contributed by atoms with van der Waals surface area (Å²) in [5.74, 6) is 0.928. The van der Waals surface area contributed by atoms with Gasteiger partial charge in [0.05, 0.1) is 19.1 Å². The smallest absolute Gasteiger partial charge is 0.0645 e. The molecule has 0 atom stereocenters. The number of hydrogen-bond donors (Lipinski definition) is 0. The van der Waals surface area contributed by atoms with Crippen molar-refractivity contribution < 1.29 is 4.74 Å². The van der Waals surface area contributed by atoms with E-state index in [0.717, 1.165) is 12.5 Å². The fourth-order valence-electron chi connectivity index (χ4n) is 1.25. The zero-order valence-electron chi connectivity index (χ0n) is 6.88. The van der Waals surface area contributed by atoms with Crippen LogP contribution in [0.5, 0.6) is 0 Å². The average molecular weight is 153 g/mol. The second-order valence-electron chi connectivity index (χ2n) is 3.11. The molecule has 0 aromatic carbocycles. The van der Waals surface area contributed by atoms with E-state index in [1.54, 1.807) is 0 Å². The molecule has 1 aliphatic carbocycles. The number of nitriles is 1. The zero-order chi connectivity index (χ0) is 7.94. The van der Waals surface area contributed by atoms with Gasteiger partial charge in [-0.15, -0.1) is 0 Å². The Hall–Kier alpha value is -0.550. The molecule has 2 nitrogen and oxygen atoms in total. The Labute approximate surface area is 68.2 Å². The van der Waals surface area contributed by atoms with Crippen molar-refractivity contribution in [3.63, 3.8) is 0 Å². The van der Waals surface area contributed by atoms with Gasteiger partial charge in [-0.1, -0.05) is 19.3 Å². The number of nitrogens with zero attached hydrogens (tertiary/aromatic N) is 1. The summed E-state index contributed by atoms with van der Waals surface area (Å²) in [7, 11) is 0. The van der Waals surface area contributed by atoms with Crippen LogP contribution in [0.25, 0.3) is 0 Å². The molecular weight excluding hydrogens is 138 g/mol. The molecule has 0 amide bonds. The third-order valence-corrected chi connectivity index (χ3v) is 2.25. The molecule has 0 aliphatic heterocycles. The van der Waals surface area contributed by atoms with Crippen molar-refractivity contribution in [2.24, 2.45) is 5.92 Å². The van der Waals surface area contributed by atoms with Crippen LogP contribution in [0.15, 0.2) is 0 Å². The SMILES string of the molecule is N#CCCOCCC1CCC1. The van der Waals surface area contributed by atoms with Crippen LogP contribution in [0.1, 0.15) is 32.1 Å². The summed E-state index contributed by atoms with van der Waals surface area (Å²) in [5.41, 5.74) is 0. The van der Waals surface area contributed by atoms with Gasteiger partial charge >= 0.3 is 0 Å². The van der Waals surface area contributed by atoms with Crippen molar-refractivity contribution in [3.8, 4) is 6.07 Å². The van der Waals surface area contributed by atoms with Gasteiger partial charge in [0.2, 0.25) is 0 Å². The molecule has 0 N–H and O–H groups in total. The van der Waals surface area contributed by atoms with Crippen molar-refractivity contribution in [3.05, 3.63) is 0 Å². The summed E-state index contributed by atoms with van der Waals surface area (Å²) in [6.45, 7) is 1.47. The van der Waals surface area contributed by atoms with Gasteiger partial charge in [0.1, 0.15) is 0 Å². The highest BCUT2D eigenvalue weighted by Gasteiger charge is 2.16. The maximum Gasteiger partial charge on any atom is 0.0645 e. The van der Waals surface area contributed by atoms with Gasteiger partial charge in [0.25, 0.3) is 0 Å². The lowest BCUT2D eigenvalue weighted by molar-refractivity contribution is 0.111. The van der Waals surface area contributed by atoms with Gasteiger partial charge in [-0.25, -0.2) is 0 Å². The van der Waals surface area contributed by atoms with E-state index in [9.17, 15) is 0 Å². The van der Waals surface area contributed by atoms with E-state index >= 15 is 0 Å². The predicted molar refractivity (Wildman–Crippen MR) is 43.0 cm³/mol. The standard InChI is InChI=1S/C9H15NO/c10-6-2-7-11-8-5-9-3-1-4-9/h9H,1-5,7-8H2. The molecule has 11 heavy (non-hydrogen) atoms. The lowest BCUT2D eigenvalue weighted by Gasteiger charge is -2.24. The molecule has 1 fully saturated rings. The van der Waals surface area contributed by atoms with Gasteiger partial charge in [-0.3, -0.25) is 0 Å². The minimum absolute atomic E-state index is 0.532. The highest BCUT2D eigenvalue weighted by atomic mass is 16.5. The molecule has 1 aliphatic rings. The van der Waals surface area contributed by atoms with Crippen LogP contribution in [0.4, 0.5) is 0 Å². The zero-order valence-corrected chi connectivity index (χ0v) is 6.88. The Kier molecular flexibility index (Phi) is 4.00. The third-order valence-electron chi connectivity index (χ3n) is 2.25. The Morgan fingerprint density at radius 3 is 2.73 bits per heavy atom. The minimum atomic E-state index is 0.532. The van der Waals surface area contributed by atoms with Crippen LogP contribution >= 0.6 is 0 Å². The van der Waals surface area contributed by atoms with Crippen molar-refractivity contribution in [2.75, 3.05) is 13.2 Å². The minimum Gasteiger partial charge on any atom is -0.380 e. The van der Waals surface area contributed by atoms with Gasteiger partial charge in [-0.05, 0) is 12.3 Å². The fraction of sp³-hybridized carbons (Fsp3) is 0.889. The van der Waals surface area contributed by atoms with Gasteiger partial charge in [0.15, 0.2) is 0 Å². The van der Waals surface area contributed by atoms with Crippen LogP contribution in [0, 0.1) is 17.2 Å². The summed E-state index contributed by atoms with van der Waals surface area (Å²) in [5, 5.41) is 8.20. The fourth-order valence-corrected chi connectivity index (χ4v) is 1.25. The number of ether oxygens (including phenoxy) is 1. The van der Waals surface area contributed by atoms with Crippen LogP contribution in [0.3, 0.4) is 0 Å². The molecule has 1 rings (SSSR count). The maximum atomic E-state index is 8.20. The van der Waals surface area contributed by atoms with E-state index in [2.05, 4.69) is 6.07 Å². The molecule has 1 saturated carbocycles. The summed E-state index contributed by atoms with van der Waals surface area (Å²) >= 11 is 0. The number of hydrogen-bond acceptors (Lipinski definition) is 2. The van der Waals surface area contributed by atoms with Gasteiger partial charge in [-0.2, -0.15) is 5.26 Å². The van der Waals surface area contributed by atoms with Crippen molar-refractivity contribution >= 4 is 0 Å². The lowest BCUT2D eigenvalue weighted by atomic mass is 9.83. The largest absolute Gasteiger partial charge is 0.380 e. The first-order chi connectivity index (χ1) is 5.43. The Bertz CT molecular complexity index is 135. The molecule has 62 valence electrons. The molecule has 0 spiro atoms. The van der Waals surface area contributed by atoms with Gasteiger partial charge in [0, 0.05) is 6.61 Å². The molecule has 0 aromatic rings. The molecular formula is C9H15NO. The van der Waals surface area contributed by atoms with Crippen molar-refractivity contribution in [2.45, 2.75) is 32.1 Å². The van der Waals surface area contributed by atoms with E-state index in [0.29, 0.717) is 13.0 Å². The van der Waals surface area contributed by atoms with Crippen LogP contribution in [0.2, 0.25) is 0 Å². The molecule has 0 saturated heterocycles. The van der Waals surface area contributed by atoms with E-state index in [-0.39, 0.29) is 0 Å². The molecule has 0 aromatic heterocycles. The van der Waals surface area contributed by atoms with Crippen LogP contribution in [-0.4, -0.2) is 13.2 Å². The molecule has 0 unspecified atom stereocenters. The molecule has 0 heterocycles. The van der Waals surface area contributed by atoms with Crippen LogP contribution in [-0.2, 0) is 4.74 Å². The Balaban J connectivity index is 1.77.